The summed E-state index contributed by atoms with van der Waals surface area (Å²) in [7, 11) is 0. The Balaban J connectivity index is 1.90. The molecule has 1 aromatic rings. The van der Waals surface area contributed by atoms with Gasteiger partial charge in [-0.15, -0.1) is 0 Å². The molecular formula is C17H24ClNO3. The molecule has 0 amide bonds. The van der Waals surface area contributed by atoms with Crippen molar-refractivity contribution in [3.05, 3.63) is 28.8 Å². The lowest BCUT2D eigenvalue weighted by molar-refractivity contribution is -0.161. The van der Waals surface area contributed by atoms with Gasteiger partial charge in [-0.2, -0.15) is 0 Å². The normalized spacial score (nSPS) is 16.4. The second kappa shape index (κ2) is 7.34. The molecule has 0 bridgehead atoms. The quantitative estimate of drug-likeness (QED) is 0.843. The van der Waals surface area contributed by atoms with Crippen LogP contribution in [0.2, 0.25) is 5.02 Å². The summed E-state index contributed by atoms with van der Waals surface area (Å²) >= 11 is 6.08. The highest BCUT2D eigenvalue weighted by Crippen LogP contribution is 2.26. The number of rotatable bonds is 5. The summed E-state index contributed by atoms with van der Waals surface area (Å²) in [6.45, 7) is 7.79. The first-order valence-corrected chi connectivity index (χ1v) is 8.09. The minimum atomic E-state index is -1.04. The average Bonchev–Trinajstić information content (AvgIpc) is 2.49. The molecule has 4 nitrogen and oxygen atoms in total. The van der Waals surface area contributed by atoms with Gasteiger partial charge in [0.1, 0.15) is 5.75 Å². The molecule has 2 rings (SSSR count). The van der Waals surface area contributed by atoms with E-state index in [1.54, 1.807) is 19.9 Å². The highest BCUT2D eigenvalue weighted by Gasteiger charge is 2.32. The van der Waals surface area contributed by atoms with Gasteiger partial charge in [0.2, 0.25) is 0 Å². The Hall–Kier alpha value is -1.26. The number of halogens is 1. The fourth-order valence-corrected chi connectivity index (χ4v) is 2.56. The van der Waals surface area contributed by atoms with Crippen LogP contribution in [0, 0.1) is 12.8 Å². The summed E-state index contributed by atoms with van der Waals surface area (Å²) < 4.78 is 11.2. The molecule has 0 saturated carbocycles. The zero-order chi connectivity index (χ0) is 16.2. The molecule has 0 radical (unpaired) electrons. The predicted molar refractivity (Wildman–Crippen MR) is 87.4 cm³/mol. The van der Waals surface area contributed by atoms with Crippen molar-refractivity contribution < 1.29 is 14.3 Å². The standard InChI is InChI=1S/C17H24ClNO3/c1-12-4-5-14(10-15(12)18)22-17(2,3)16(20)21-11-13-6-8-19-9-7-13/h4-5,10,13,19H,6-9,11H2,1-3H3. The van der Waals surface area contributed by atoms with E-state index in [2.05, 4.69) is 5.32 Å². The molecule has 122 valence electrons. The zero-order valence-electron chi connectivity index (χ0n) is 13.4. The molecule has 1 saturated heterocycles. The van der Waals surface area contributed by atoms with Crippen molar-refractivity contribution >= 4 is 17.6 Å². The van der Waals surface area contributed by atoms with Crippen LogP contribution < -0.4 is 10.1 Å². The summed E-state index contributed by atoms with van der Waals surface area (Å²) in [5.41, 5.74) is -0.0637. The molecule has 0 atom stereocenters. The Morgan fingerprint density at radius 2 is 2.05 bits per heavy atom. The van der Waals surface area contributed by atoms with Gasteiger partial charge in [0, 0.05) is 5.02 Å². The van der Waals surface area contributed by atoms with Crippen LogP contribution in [0.15, 0.2) is 18.2 Å². The first-order chi connectivity index (χ1) is 10.4. The van der Waals surface area contributed by atoms with Gasteiger partial charge >= 0.3 is 5.97 Å². The van der Waals surface area contributed by atoms with Crippen molar-refractivity contribution in [2.75, 3.05) is 19.7 Å². The van der Waals surface area contributed by atoms with Crippen LogP contribution >= 0.6 is 11.6 Å². The highest BCUT2D eigenvalue weighted by atomic mass is 35.5. The summed E-state index contributed by atoms with van der Waals surface area (Å²) in [4.78, 5) is 12.3. The summed E-state index contributed by atoms with van der Waals surface area (Å²) in [6, 6.07) is 5.40. The lowest BCUT2D eigenvalue weighted by Crippen LogP contribution is -2.41. The molecule has 5 heteroatoms. The molecule has 1 N–H and O–H groups in total. The maximum Gasteiger partial charge on any atom is 0.349 e. The Morgan fingerprint density at radius 1 is 1.36 bits per heavy atom. The monoisotopic (exact) mass is 325 g/mol. The van der Waals surface area contributed by atoms with E-state index in [9.17, 15) is 4.79 Å². The largest absolute Gasteiger partial charge is 0.476 e. The van der Waals surface area contributed by atoms with E-state index >= 15 is 0 Å². The zero-order valence-corrected chi connectivity index (χ0v) is 14.2. The second-order valence-electron chi connectivity index (χ2n) is 6.32. The van der Waals surface area contributed by atoms with Gasteiger partial charge in [-0.25, -0.2) is 4.79 Å². The lowest BCUT2D eigenvalue weighted by Gasteiger charge is -2.27. The molecule has 1 fully saturated rings. The third-order valence-corrected chi connectivity index (χ3v) is 4.32. The van der Waals surface area contributed by atoms with Gasteiger partial charge < -0.3 is 14.8 Å². The number of nitrogens with one attached hydrogen (secondary N) is 1. The number of carbonyl (C=O) groups excluding carboxylic acids is 1. The Morgan fingerprint density at radius 3 is 2.68 bits per heavy atom. The SMILES string of the molecule is Cc1ccc(OC(C)(C)C(=O)OCC2CCNCC2)cc1Cl. The van der Waals surface area contributed by atoms with Gasteiger partial charge in [0.15, 0.2) is 5.60 Å². The van der Waals surface area contributed by atoms with Crippen LogP contribution in [-0.4, -0.2) is 31.3 Å². The summed E-state index contributed by atoms with van der Waals surface area (Å²) in [5, 5.41) is 3.92. The molecule has 0 unspecified atom stereocenters. The predicted octanol–water partition coefficient (Wildman–Crippen LogP) is 3.35. The number of ether oxygens (including phenoxy) is 2. The number of hydrogen-bond donors (Lipinski definition) is 1. The summed E-state index contributed by atoms with van der Waals surface area (Å²) in [5.74, 6) is 0.664. The third-order valence-electron chi connectivity index (χ3n) is 3.92. The van der Waals surface area contributed by atoms with E-state index in [0.717, 1.165) is 31.5 Å². The van der Waals surface area contributed by atoms with Crippen molar-refractivity contribution in [3.63, 3.8) is 0 Å². The Labute approximate surface area is 137 Å². The first-order valence-electron chi connectivity index (χ1n) is 7.71. The van der Waals surface area contributed by atoms with Gasteiger partial charge in [-0.3, -0.25) is 0 Å². The van der Waals surface area contributed by atoms with Crippen molar-refractivity contribution in [1.29, 1.82) is 0 Å². The number of benzene rings is 1. The van der Waals surface area contributed by atoms with Crippen LogP contribution in [0.3, 0.4) is 0 Å². The molecule has 0 aliphatic carbocycles. The maximum absolute atomic E-state index is 12.3. The van der Waals surface area contributed by atoms with Gasteiger partial charge in [-0.05, 0) is 70.3 Å². The molecule has 0 aromatic heterocycles. The molecule has 0 spiro atoms. The molecular weight excluding hydrogens is 302 g/mol. The van der Waals surface area contributed by atoms with E-state index in [0.29, 0.717) is 23.3 Å². The highest BCUT2D eigenvalue weighted by molar-refractivity contribution is 6.31. The third kappa shape index (κ3) is 4.62. The number of piperidine rings is 1. The number of carbonyl (C=O) groups is 1. The van der Waals surface area contributed by atoms with Crippen LogP contribution in [-0.2, 0) is 9.53 Å². The van der Waals surface area contributed by atoms with Gasteiger partial charge in [0.25, 0.3) is 0 Å². The van der Waals surface area contributed by atoms with Gasteiger partial charge in [-0.1, -0.05) is 17.7 Å². The maximum atomic E-state index is 12.3. The van der Waals surface area contributed by atoms with Crippen molar-refractivity contribution in [2.45, 2.75) is 39.2 Å². The fraction of sp³-hybridized carbons (Fsp3) is 0.588. The van der Waals surface area contributed by atoms with Crippen LogP contribution in [0.25, 0.3) is 0 Å². The first kappa shape index (κ1) is 17.1. The second-order valence-corrected chi connectivity index (χ2v) is 6.72. The minimum Gasteiger partial charge on any atom is -0.476 e. The van der Waals surface area contributed by atoms with Crippen LogP contribution in [0.4, 0.5) is 0 Å². The van der Waals surface area contributed by atoms with Crippen molar-refractivity contribution in [3.8, 4) is 5.75 Å². The molecule has 1 aliphatic rings. The van der Waals surface area contributed by atoms with Crippen molar-refractivity contribution in [1.82, 2.24) is 5.32 Å². The fourth-order valence-electron chi connectivity index (χ4n) is 2.39. The Kier molecular flexibility index (Phi) is 5.70. The van der Waals surface area contributed by atoms with E-state index in [1.807, 2.05) is 19.1 Å². The average molecular weight is 326 g/mol. The number of aryl methyl sites for hydroxylation is 1. The van der Waals surface area contributed by atoms with E-state index in [1.165, 1.54) is 0 Å². The van der Waals surface area contributed by atoms with Crippen LogP contribution in [0.5, 0.6) is 5.75 Å². The van der Waals surface area contributed by atoms with Crippen LogP contribution in [0.1, 0.15) is 32.3 Å². The van der Waals surface area contributed by atoms with E-state index in [4.69, 9.17) is 21.1 Å². The smallest absolute Gasteiger partial charge is 0.349 e. The van der Waals surface area contributed by atoms with E-state index < -0.39 is 5.60 Å². The van der Waals surface area contributed by atoms with Crippen molar-refractivity contribution in [2.24, 2.45) is 5.92 Å². The molecule has 1 heterocycles. The minimum absolute atomic E-state index is 0.345. The number of hydrogen-bond acceptors (Lipinski definition) is 4. The Bertz CT molecular complexity index is 525. The van der Waals surface area contributed by atoms with Gasteiger partial charge in [0.05, 0.1) is 6.61 Å². The van der Waals surface area contributed by atoms with E-state index in [-0.39, 0.29) is 5.97 Å². The number of esters is 1. The molecule has 1 aromatic carbocycles. The molecule has 22 heavy (non-hydrogen) atoms. The topological polar surface area (TPSA) is 47.6 Å². The lowest BCUT2D eigenvalue weighted by atomic mass is 9.99. The summed E-state index contributed by atoms with van der Waals surface area (Å²) in [6.07, 6.45) is 2.09. The molecule has 1 aliphatic heterocycles.